The molecule has 2 N–H and O–H groups in total. The summed E-state index contributed by atoms with van der Waals surface area (Å²) in [6.07, 6.45) is 0. The van der Waals surface area contributed by atoms with Crippen molar-refractivity contribution in [3.63, 3.8) is 0 Å². The summed E-state index contributed by atoms with van der Waals surface area (Å²) in [5.74, 6) is 0.163. The molecular formula is C26H17ClN2O4. The molecule has 3 aromatic carbocycles. The second kappa shape index (κ2) is 8.38. The van der Waals surface area contributed by atoms with Crippen molar-refractivity contribution in [1.82, 2.24) is 0 Å². The van der Waals surface area contributed by atoms with Gasteiger partial charge in [0, 0.05) is 10.6 Å². The number of ether oxygens (including phenoxy) is 2. The second-order valence-electron chi connectivity index (χ2n) is 7.50. The molecule has 0 aliphatic carbocycles. The number of para-hydroxylation sites is 1. The topological polar surface area (TPSA) is 98.5 Å². The molecule has 0 bridgehead atoms. The van der Waals surface area contributed by atoms with E-state index in [2.05, 4.69) is 6.07 Å². The van der Waals surface area contributed by atoms with Gasteiger partial charge in [0.2, 0.25) is 5.88 Å². The highest BCUT2D eigenvalue weighted by molar-refractivity contribution is 6.31. The van der Waals surface area contributed by atoms with Crippen LogP contribution in [-0.4, -0.2) is 0 Å². The van der Waals surface area contributed by atoms with E-state index in [0.717, 1.165) is 5.56 Å². The predicted molar refractivity (Wildman–Crippen MR) is 124 cm³/mol. The average molecular weight is 457 g/mol. The van der Waals surface area contributed by atoms with Crippen molar-refractivity contribution in [2.75, 3.05) is 0 Å². The zero-order valence-electron chi connectivity index (χ0n) is 17.2. The van der Waals surface area contributed by atoms with E-state index in [1.165, 1.54) is 0 Å². The van der Waals surface area contributed by atoms with Crippen LogP contribution in [0.15, 0.2) is 93.5 Å². The van der Waals surface area contributed by atoms with E-state index in [-0.39, 0.29) is 17.0 Å². The van der Waals surface area contributed by atoms with Crippen LogP contribution in [0.3, 0.4) is 0 Å². The van der Waals surface area contributed by atoms with Crippen LogP contribution in [-0.2, 0) is 6.61 Å². The minimum Gasteiger partial charge on any atom is -0.489 e. The summed E-state index contributed by atoms with van der Waals surface area (Å²) in [6, 6.07) is 23.7. The van der Waals surface area contributed by atoms with Gasteiger partial charge in [-0.3, -0.25) is 0 Å². The lowest BCUT2D eigenvalue weighted by atomic mass is 9.84. The van der Waals surface area contributed by atoms with Crippen LogP contribution in [0.1, 0.15) is 22.6 Å². The third kappa shape index (κ3) is 3.69. The number of fused-ring (bicyclic) bond motifs is 3. The average Bonchev–Trinajstić information content (AvgIpc) is 2.83. The Labute approximate surface area is 194 Å². The summed E-state index contributed by atoms with van der Waals surface area (Å²) in [4.78, 5) is 12.9. The van der Waals surface area contributed by atoms with E-state index < -0.39 is 11.5 Å². The summed E-state index contributed by atoms with van der Waals surface area (Å²) >= 11 is 6.19. The highest BCUT2D eigenvalue weighted by Gasteiger charge is 2.35. The number of rotatable bonds is 4. The summed E-state index contributed by atoms with van der Waals surface area (Å²) in [6.45, 7) is 0.311. The lowest BCUT2D eigenvalue weighted by molar-refractivity contribution is 0.306. The van der Waals surface area contributed by atoms with Gasteiger partial charge in [-0.25, -0.2) is 4.79 Å². The molecule has 5 rings (SSSR count). The van der Waals surface area contributed by atoms with Crippen molar-refractivity contribution in [3.8, 4) is 17.6 Å². The van der Waals surface area contributed by atoms with Crippen LogP contribution >= 0.6 is 11.6 Å². The summed E-state index contributed by atoms with van der Waals surface area (Å²) in [7, 11) is 0. The Morgan fingerprint density at radius 1 is 1.03 bits per heavy atom. The zero-order chi connectivity index (χ0) is 22.9. The molecule has 4 aromatic rings. The van der Waals surface area contributed by atoms with Crippen LogP contribution in [0.2, 0.25) is 5.02 Å². The second-order valence-corrected chi connectivity index (χ2v) is 7.91. The first-order valence-corrected chi connectivity index (χ1v) is 10.5. The van der Waals surface area contributed by atoms with Crippen LogP contribution in [0.25, 0.3) is 11.0 Å². The molecule has 0 amide bonds. The Morgan fingerprint density at radius 2 is 1.76 bits per heavy atom. The first-order valence-electron chi connectivity index (χ1n) is 10.2. The first-order chi connectivity index (χ1) is 16.1. The number of nitrogens with two attached hydrogens (primary N) is 1. The summed E-state index contributed by atoms with van der Waals surface area (Å²) in [5, 5.41) is 11.0. The van der Waals surface area contributed by atoms with Crippen LogP contribution in [0.4, 0.5) is 0 Å². The molecule has 0 radical (unpaired) electrons. The van der Waals surface area contributed by atoms with Crippen LogP contribution in [0, 0.1) is 11.3 Å². The molecule has 0 saturated carbocycles. The number of hydrogen-bond donors (Lipinski definition) is 1. The third-order valence-electron chi connectivity index (χ3n) is 5.54. The molecule has 7 heteroatoms. The maximum Gasteiger partial charge on any atom is 0.344 e. The maximum atomic E-state index is 12.9. The van der Waals surface area contributed by atoms with Gasteiger partial charge in [-0.05, 0) is 35.9 Å². The standard InChI is InChI=1S/C26H17ClN2O4/c27-20-7-3-1-5-16(20)14-31-17-11-9-15(10-12-17)22-19(13-28)25(29)33-24-18-6-2-4-8-21(18)32-26(30)23(22)24/h1-12,22H,14,29H2/t22-/m0/s1. The molecule has 0 fully saturated rings. The van der Waals surface area contributed by atoms with Gasteiger partial charge < -0.3 is 19.6 Å². The summed E-state index contributed by atoms with van der Waals surface area (Å²) in [5.41, 5.74) is 7.85. The van der Waals surface area contributed by atoms with Crippen molar-refractivity contribution in [1.29, 1.82) is 5.26 Å². The van der Waals surface area contributed by atoms with Gasteiger partial charge in [0.25, 0.3) is 0 Å². The van der Waals surface area contributed by atoms with Crippen molar-refractivity contribution in [3.05, 3.63) is 116 Å². The van der Waals surface area contributed by atoms with Crippen molar-refractivity contribution in [2.45, 2.75) is 12.5 Å². The fraction of sp³-hybridized carbons (Fsp3) is 0.0769. The van der Waals surface area contributed by atoms with Crippen molar-refractivity contribution < 1.29 is 13.9 Å². The van der Waals surface area contributed by atoms with Gasteiger partial charge in [-0.1, -0.05) is 54.1 Å². The molecule has 1 aromatic heterocycles. The molecule has 1 atom stereocenters. The number of benzene rings is 3. The van der Waals surface area contributed by atoms with E-state index in [1.807, 2.05) is 24.3 Å². The number of nitriles is 1. The Kier molecular flexibility index (Phi) is 5.25. The Hall–Kier alpha value is -4.21. The molecule has 33 heavy (non-hydrogen) atoms. The van der Waals surface area contributed by atoms with Crippen LogP contribution in [0.5, 0.6) is 11.5 Å². The number of nitrogens with zero attached hydrogens (tertiary/aromatic N) is 1. The molecule has 0 saturated heterocycles. The van der Waals surface area contributed by atoms with Gasteiger partial charge in [-0.15, -0.1) is 0 Å². The molecule has 1 aliphatic heterocycles. The van der Waals surface area contributed by atoms with Crippen LogP contribution < -0.4 is 20.8 Å². The van der Waals surface area contributed by atoms with Gasteiger partial charge in [0.1, 0.15) is 29.6 Å². The predicted octanol–water partition coefficient (Wildman–Crippen LogP) is 5.24. The molecular weight excluding hydrogens is 440 g/mol. The van der Waals surface area contributed by atoms with Crippen molar-refractivity contribution in [2.24, 2.45) is 5.73 Å². The summed E-state index contributed by atoms with van der Waals surface area (Å²) < 4.78 is 17.1. The zero-order valence-corrected chi connectivity index (χ0v) is 18.0. The lowest BCUT2D eigenvalue weighted by Crippen LogP contribution is -2.26. The lowest BCUT2D eigenvalue weighted by Gasteiger charge is -2.26. The monoisotopic (exact) mass is 456 g/mol. The van der Waals surface area contributed by atoms with Gasteiger partial charge in [0.15, 0.2) is 5.75 Å². The van der Waals surface area contributed by atoms with Gasteiger partial charge >= 0.3 is 5.63 Å². The highest BCUT2D eigenvalue weighted by atomic mass is 35.5. The fourth-order valence-corrected chi connectivity index (χ4v) is 4.12. The highest BCUT2D eigenvalue weighted by Crippen LogP contribution is 2.43. The number of halogens is 1. The van der Waals surface area contributed by atoms with E-state index in [9.17, 15) is 10.1 Å². The smallest absolute Gasteiger partial charge is 0.344 e. The number of hydrogen-bond acceptors (Lipinski definition) is 6. The molecule has 6 nitrogen and oxygen atoms in total. The quantitative estimate of drug-likeness (QED) is 0.421. The molecule has 1 aliphatic rings. The minimum atomic E-state index is -0.725. The molecule has 2 heterocycles. The van der Waals surface area contributed by atoms with Crippen molar-refractivity contribution >= 4 is 22.6 Å². The maximum absolute atomic E-state index is 12.9. The van der Waals surface area contributed by atoms with E-state index >= 15 is 0 Å². The SMILES string of the molecule is N#CC1=C(N)Oc2c(c(=O)oc3ccccc23)[C@H]1c1ccc(OCc2ccccc2Cl)cc1. The normalized spacial score (nSPS) is 15.0. The molecule has 162 valence electrons. The Balaban J connectivity index is 1.53. The van der Waals surface area contributed by atoms with E-state index in [1.54, 1.807) is 48.5 Å². The largest absolute Gasteiger partial charge is 0.489 e. The minimum absolute atomic E-state index is 0.0372. The third-order valence-corrected chi connectivity index (χ3v) is 5.91. The Morgan fingerprint density at radius 3 is 2.52 bits per heavy atom. The fourth-order valence-electron chi connectivity index (χ4n) is 3.93. The molecule has 0 unspecified atom stereocenters. The number of allylic oxidation sites excluding steroid dienone is 1. The first kappa shape index (κ1) is 20.7. The van der Waals surface area contributed by atoms with E-state index in [4.69, 9.17) is 31.2 Å². The van der Waals surface area contributed by atoms with Gasteiger partial charge in [0.05, 0.1) is 16.9 Å². The van der Waals surface area contributed by atoms with E-state index in [0.29, 0.717) is 39.7 Å². The molecule has 0 spiro atoms. The van der Waals surface area contributed by atoms with Gasteiger partial charge in [-0.2, -0.15) is 5.26 Å². The Bertz CT molecular complexity index is 1500.